The number of nitrogens with zero attached hydrogens (tertiary/aromatic N) is 2. The highest BCUT2D eigenvalue weighted by molar-refractivity contribution is 5.32. The maximum absolute atomic E-state index is 14.1. The highest BCUT2D eigenvalue weighted by atomic mass is 19.1. The zero-order valence-electron chi connectivity index (χ0n) is 11.3. The topological polar surface area (TPSA) is 70.3 Å². The van der Waals surface area contributed by atoms with Gasteiger partial charge in [0.15, 0.2) is 11.6 Å². The molecule has 0 fully saturated rings. The number of rotatable bonds is 5. The SMILES string of the molecule is COc1cc(C(N)Cc2cccc(OC)c2F)ncn1. The van der Waals surface area contributed by atoms with Gasteiger partial charge >= 0.3 is 0 Å². The average Bonchev–Trinajstić information content (AvgIpc) is 2.49. The normalized spacial score (nSPS) is 12.0. The molecule has 20 heavy (non-hydrogen) atoms. The molecule has 1 heterocycles. The molecular formula is C14H16FN3O2. The maximum atomic E-state index is 14.1. The fraction of sp³-hybridized carbons (Fsp3) is 0.286. The van der Waals surface area contributed by atoms with Gasteiger partial charge in [0.2, 0.25) is 5.88 Å². The molecule has 0 aliphatic carbocycles. The molecule has 1 unspecified atom stereocenters. The van der Waals surface area contributed by atoms with Gasteiger partial charge in [-0.05, 0) is 18.1 Å². The predicted octanol–water partition coefficient (Wildman–Crippen LogP) is 1.88. The summed E-state index contributed by atoms with van der Waals surface area (Å²) < 4.78 is 24.0. The molecule has 2 rings (SSSR count). The number of methoxy groups -OCH3 is 2. The molecule has 0 saturated carbocycles. The Bertz CT molecular complexity index is 592. The van der Waals surface area contributed by atoms with Gasteiger partial charge in [0.25, 0.3) is 0 Å². The molecule has 2 aromatic rings. The van der Waals surface area contributed by atoms with Crippen molar-refractivity contribution in [3.8, 4) is 11.6 Å². The van der Waals surface area contributed by atoms with Crippen LogP contribution < -0.4 is 15.2 Å². The summed E-state index contributed by atoms with van der Waals surface area (Å²) in [6, 6.07) is 6.16. The van der Waals surface area contributed by atoms with Gasteiger partial charge in [-0.3, -0.25) is 0 Å². The van der Waals surface area contributed by atoms with Crippen LogP contribution in [0.15, 0.2) is 30.6 Å². The van der Waals surface area contributed by atoms with Crippen molar-refractivity contribution in [2.24, 2.45) is 5.73 Å². The van der Waals surface area contributed by atoms with Crippen molar-refractivity contribution in [3.63, 3.8) is 0 Å². The number of benzene rings is 1. The van der Waals surface area contributed by atoms with Crippen molar-refractivity contribution in [3.05, 3.63) is 47.7 Å². The third kappa shape index (κ3) is 3.03. The van der Waals surface area contributed by atoms with Gasteiger partial charge in [-0.15, -0.1) is 0 Å². The van der Waals surface area contributed by atoms with Crippen molar-refractivity contribution in [1.29, 1.82) is 0 Å². The van der Waals surface area contributed by atoms with Gasteiger partial charge in [-0.1, -0.05) is 12.1 Å². The second kappa shape index (κ2) is 6.29. The molecule has 1 aromatic carbocycles. The second-order valence-corrected chi connectivity index (χ2v) is 4.23. The third-order valence-corrected chi connectivity index (χ3v) is 2.96. The molecule has 0 spiro atoms. The Balaban J connectivity index is 2.21. The number of hydrogen-bond donors (Lipinski definition) is 1. The van der Waals surface area contributed by atoms with E-state index in [0.717, 1.165) is 0 Å². The zero-order chi connectivity index (χ0) is 14.5. The molecule has 0 amide bonds. The molecule has 0 saturated heterocycles. The number of ether oxygens (including phenoxy) is 2. The lowest BCUT2D eigenvalue weighted by Gasteiger charge is -2.13. The first-order valence-corrected chi connectivity index (χ1v) is 6.08. The van der Waals surface area contributed by atoms with Gasteiger partial charge in [0.05, 0.1) is 26.0 Å². The van der Waals surface area contributed by atoms with E-state index in [1.807, 2.05) is 0 Å². The lowest BCUT2D eigenvalue weighted by Crippen LogP contribution is -2.16. The summed E-state index contributed by atoms with van der Waals surface area (Å²) in [5.41, 5.74) is 7.14. The van der Waals surface area contributed by atoms with Crippen LogP contribution in [0.1, 0.15) is 17.3 Å². The van der Waals surface area contributed by atoms with E-state index in [0.29, 0.717) is 23.6 Å². The molecule has 1 atom stereocenters. The first-order chi connectivity index (χ1) is 9.65. The summed E-state index contributed by atoms with van der Waals surface area (Å²) in [6.07, 6.45) is 1.68. The van der Waals surface area contributed by atoms with Crippen molar-refractivity contribution >= 4 is 0 Å². The van der Waals surface area contributed by atoms with Crippen LogP contribution in [0.2, 0.25) is 0 Å². The quantitative estimate of drug-likeness (QED) is 0.903. The Morgan fingerprint density at radius 1 is 1.25 bits per heavy atom. The molecule has 1 aromatic heterocycles. The van der Waals surface area contributed by atoms with Crippen LogP contribution in [-0.2, 0) is 6.42 Å². The van der Waals surface area contributed by atoms with Crippen molar-refractivity contribution < 1.29 is 13.9 Å². The predicted molar refractivity (Wildman–Crippen MR) is 72.2 cm³/mol. The smallest absolute Gasteiger partial charge is 0.216 e. The number of halogens is 1. The third-order valence-electron chi connectivity index (χ3n) is 2.96. The molecule has 6 heteroatoms. The fourth-order valence-electron chi connectivity index (χ4n) is 1.88. The summed E-state index contributed by atoms with van der Waals surface area (Å²) in [5, 5.41) is 0. The number of hydrogen-bond acceptors (Lipinski definition) is 5. The molecule has 0 aliphatic heterocycles. The summed E-state index contributed by atoms with van der Waals surface area (Å²) >= 11 is 0. The molecule has 106 valence electrons. The Morgan fingerprint density at radius 2 is 2.05 bits per heavy atom. The van der Waals surface area contributed by atoms with Gasteiger partial charge < -0.3 is 15.2 Å². The molecule has 0 bridgehead atoms. The highest BCUT2D eigenvalue weighted by Crippen LogP contribution is 2.24. The minimum absolute atomic E-state index is 0.204. The van der Waals surface area contributed by atoms with Gasteiger partial charge in [-0.25, -0.2) is 14.4 Å². The van der Waals surface area contributed by atoms with E-state index < -0.39 is 11.9 Å². The van der Waals surface area contributed by atoms with Crippen LogP contribution in [0.25, 0.3) is 0 Å². The monoisotopic (exact) mass is 277 g/mol. The van der Waals surface area contributed by atoms with Gasteiger partial charge in [-0.2, -0.15) is 0 Å². The maximum Gasteiger partial charge on any atom is 0.216 e. The van der Waals surface area contributed by atoms with Crippen LogP contribution in [0, 0.1) is 5.82 Å². The second-order valence-electron chi connectivity index (χ2n) is 4.23. The van der Waals surface area contributed by atoms with Crippen LogP contribution in [0.4, 0.5) is 4.39 Å². The van der Waals surface area contributed by atoms with Crippen LogP contribution in [-0.4, -0.2) is 24.2 Å². The summed E-state index contributed by atoms with van der Waals surface area (Å²) in [7, 11) is 2.94. The number of nitrogens with two attached hydrogens (primary N) is 1. The lowest BCUT2D eigenvalue weighted by molar-refractivity contribution is 0.383. The average molecular weight is 277 g/mol. The fourth-order valence-corrected chi connectivity index (χ4v) is 1.88. The lowest BCUT2D eigenvalue weighted by atomic mass is 10.0. The molecular weight excluding hydrogens is 261 g/mol. The van der Waals surface area contributed by atoms with E-state index in [-0.39, 0.29) is 5.75 Å². The minimum Gasteiger partial charge on any atom is -0.494 e. The van der Waals surface area contributed by atoms with Crippen molar-refractivity contribution in [2.45, 2.75) is 12.5 Å². The Morgan fingerprint density at radius 3 is 2.75 bits per heavy atom. The summed E-state index contributed by atoms with van der Waals surface area (Å²) in [4.78, 5) is 8.00. The van der Waals surface area contributed by atoms with Crippen LogP contribution in [0.3, 0.4) is 0 Å². The van der Waals surface area contributed by atoms with E-state index in [9.17, 15) is 4.39 Å². The van der Waals surface area contributed by atoms with Gasteiger partial charge in [0.1, 0.15) is 6.33 Å². The number of aromatic nitrogens is 2. The van der Waals surface area contributed by atoms with E-state index in [1.165, 1.54) is 20.5 Å². The summed E-state index contributed by atoms with van der Waals surface area (Å²) in [6.45, 7) is 0. The molecule has 2 N–H and O–H groups in total. The van der Waals surface area contributed by atoms with Crippen LogP contribution >= 0.6 is 0 Å². The van der Waals surface area contributed by atoms with E-state index in [4.69, 9.17) is 15.2 Å². The minimum atomic E-state index is -0.450. The first kappa shape index (κ1) is 14.2. The van der Waals surface area contributed by atoms with E-state index in [1.54, 1.807) is 24.3 Å². The first-order valence-electron chi connectivity index (χ1n) is 6.08. The summed E-state index contributed by atoms with van der Waals surface area (Å²) in [5.74, 6) is 0.234. The molecule has 0 radical (unpaired) electrons. The van der Waals surface area contributed by atoms with Gasteiger partial charge in [0, 0.05) is 6.07 Å². The molecule has 5 nitrogen and oxygen atoms in total. The van der Waals surface area contributed by atoms with E-state index >= 15 is 0 Å². The highest BCUT2D eigenvalue weighted by Gasteiger charge is 2.15. The standard InChI is InChI=1S/C14H16FN3O2/c1-19-12-5-3-4-9(14(12)15)6-10(16)11-7-13(20-2)18-8-17-11/h3-5,7-8,10H,6,16H2,1-2H3. The Labute approximate surface area is 116 Å². The van der Waals surface area contributed by atoms with Crippen molar-refractivity contribution in [1.82, 2.24) is 9.97 Å². The largest absolute Gasteiger partial charge is 0.494 e. The van der Waals surface area contributed by atoms with Crippen LogP contribution in [0.5, 0.6) is 11.6 Å². The van der Waals surface area contributed by atoms with E-state index in [2.05, 4.69) is 9.97 Å². The van der Waals surface area contributed by atoms with Crippen molar-refractivity contribution in [2.75, 3.05) is 14.2 Å². The molecule has 0 aliphatic rings. The Hall–Kier alpha value is -2.21. The Kier molecular flexibility index (Phi) is 4.47. The zero-order valence-corrected chi connectivity index (χ0v) is 11.3.